The van der Waals surface area contributed by atoms with Gasteiger partial charge in [-0.3, -0.25) is 4.79 Å². The number of nitrogens with two attached hydrogens (primary N) is 1. The summed E-state index contributed by atoms with van der Waals surface area (Å²) < 4.78 is 26.6. The summed E-state index contributed by atoms with van der Waals surface area (Å²) in [4.78, 5) is 11.4. The standard InChI is InChI=1S/C8H16N2O4S/c1-15(12,13)3-2-7(9)8(11)10-6-4-14-5-6/h6-7H,2-5,9H2,1H3,(H,10,11). The zero-order chi connectivity index (χ0) is 11.5. The van der Waals surface area contributed by atoms with Gasteiger partial charge >= 0.3 is 0 Å². The molecule has 88 valence electrons. The van der Waals surface area contributed by atoms with Gasteiger partial charge in [-0.1, -0.05) is 0 Å². The van der Waals surface area contributed by atoms with E-state index in [-0.39, 0.29) is 24.1 Å². The highest BCUT2D eigenvalue weighted by Gasteiger charge is 2.23. The van der Waals surface area contributed by atoms with E-state index in [4.69, 9.17) is 10.5 Å². The molecular weight excluding hydrogens is 220 g/mol. The highest BCUT2D eigenvalue weighted by Crippen LogP contribution is 2.01. The van der Waals surface area contributed by atoms with Crippen LogP contribution >= 0.6 is 0 Å². The van der Waals surface area contributed by atoms with Gasteiger partial charge in [0.25, 0.3) is 0 Å². The van der Waals surface area contributed by atoms with Gasteiger partial charge in [0.05, 0.1) is 31.1 Å². The van der Waals surface area contributed by atoms with Crippen LogP contribution in [0.5, 0.6) is 0 Å². The molecule has 1 aliphatic heterocycles. The highest BCUT2D eigenvalue weighted by atomic mass is 32.2. The third-order valence-electron chi connectivity index (χ3n) is 2.12. The highest BCUT2D eigenvalue weighted by molar-refractivity contribution is 7.90. The molecule has 3 N–H and O–H groups in total. The van der Waals surface area contributed by atoms with Gasteiger partial charge in [0.2, 0.25) is 5.91 Å². The lowest BCUT2D eigenvalue weighted by molar-refractivity contribution is -0.126. The van der Waals surface area contributed by atoms with Crippen molar-refractivity contribution in [2.45, 2.75) is 18.5 Å². The minimum atomic E-state index is -3.06. The molecule has 1 aliphatic rings. The Hall–Kier alpha value is -0.660. The molecule has 15 heavy (non-hydrogen) atoms. The topological polar surface area (TPSA) is 98.5 Å². The minimum absolute atomic E-state index is 0.0294. The molecule has 0 bridgehead atoms. The van der Waals surface area contributed by atoms with Crippen molar-refractivity contribution in [2.75, 3.05) is 25.2 Å². The number of carbonyl (C=O) groups is 1. The second kappa shape index (κ2) is 4.91. The first-order chi connectivity index (χ1) is 6.88. The van der Waals surface area contributed by atoms with Crippen molar-refractivity contribution in [3.05, 3.63) is 0 Å². The number of nitrogens with one attached hydrogen (secondary N) is 1. The van der Waals surface area contributed by atoms with Gasteiger partial charge in [0.15, 0.2) is 0 Å². The summed E-state index contributed by atoms with van der Waals surface area (Å²) in [5, 5.41) is 2.67. The molecule has 7 heteroatoms. The first kappa shape index (κ1) is 12.4. The summed E-state index contributed by atoms with van der Waals surface area (Å²) in [6.45, 7) is 1.01. The molecule has 0 aromatic heterocycles. The molecule has 1 fully saturated rings. The molecule has 1 unspecified atom stereocenters. The predicted molar refractivity (Wildman–Crippen MR) is 55.1 cm³/mol. The van der Waals surface area contributed by atoms with Gasteiger partial charge in [-0.25, -0.2) is 8.42 Å². The van der Waals surface area contributed by atoms with Crippen LogP contribution in [0.15, 0.2) is 0 Å². The lowest BCUT2D eigenvalue weighted by atomic mass is 10.2. The Morgan fingerprint density at radius 1 is 1.60 bits per heavy atom. The molecular formula is C8H16N2O4S. The lowest BCUT2D eigenvalue weighted by Crippen LogP contribution is -2.53. The van der Waals surface area contributed by atoms with E-state index in [1.165, 1.54) is 0 Å². The maximum atomic E-state index is 11.4. The first-order valence-corrected chi connectivity index (χ1v) is 6.76. The van der Waals surface area contributed by atoms with Crippen LogP contribution in [0, 0.1) is 0 Å². The number of carbonyl (C=O) groups excluding carboxylic acids is 1. The third kappa shape index (κ3) is 4.59. The van der Waals surface area contributed by atoms with Crippen molar-refractivity contribution in [1.82, 2.24) is 5.32 Å². The number of sulfone groups is 1. The van der Waals surface area contributed by atoms with E-state index >= 15 is 0 Å². The average Bonchev–Trinajstić information content (AvgIpc) is 2.05. The Bertz CT molecular complexity index is 324. The van der Waals surface area contributed by atoms with Crippen LogP contribution in [0.1, 0.15) is 6.42 Å². The van der Waals surface area contributed by atoms with E-state index < -0.39 is 15.9 Å². The normalized spacial score (nSPS) is 19.3. The van der Waals surface area contributed by atoms with Gasteiger partial charge in [0, 0.05) is 6.26 Å². The number of amides is 1. The molecule has 1 rings (SSSR count). The van der Waals surface area contributed by atoms with Gasteiger partial charge in [0.1, 0.15) is 9.84 Å². The predicted octanol–water partition coefficient (Wildman–Crippen LogP) is -1.74. The zero-order valence-corrected chi connectivity index (χ0v) is 9.42. The van der Waals surface area contributed by atoms with Crippen molar-refractivity contribution < 1.29 is 17.9 Å². The van der Waals surface area contributed by atoms with E-state index in [0.717, 1.165) is 6.26 Å². The molecule has 1 atom stereocenters. The molecule has 6 nitrogen and oxygen atoms in total. The summed E-state index contributed by atoms with van der Waals surface area (Å²) in [6, 6.07) is -0.734. The summed E-state index contributed by atoms with van der Waals surface area (Å²) in [6.07, 6.45) is 1.27. The van der Waals surface area contributed by atoms with Crippen molar-refractivity contribution in [1.29, 1.82) is 0 Å². The number of hydrogen-bond donors (Lipinski definition) is 2. The van der Waals surface area contributed by atoms with Crippen molar-refractivity contribution >= 4 is 15.7 Å². The first-order valence-electron chi connectivity index (χ1n) is 4.70. The fourth-order valence-electron chi connectivity index (χ4n) is 1.10. The number of hydrogen-bond acceptors (Lipinski definition) is 5. The second-order valence-electron chi connectivity index (χ2n) is 3.77. The van der Waals surface area contributed by atoms with Crippen molar-refractivity contribution in [3.63, 3.8) is 0 Å². The molecule has 0 spiro atoms. The van der Waals surface area contributed by atoms with Gasteiger partial charge < -0.3 is 15.8 Å². The molecule has 1 saturated heterocycles. The van der Waals surface area contributed by atoms with Crippen molar-refractivity contribution in [3.8, 4) is 0 Å². The molecule has 1 amide bonds. The summed E-state index contributed by atoms with van der Waals surface area (Å²) >= 11 is 0. The Morgan fingerprint density at radius 3 is 2.60 bits per heavy atom. The maximum absolute atomic E-state index is 11.4. The van der Waals surface area contributed by atoms with Crippen LogP contribution in [0.25, 0.3) is 0 Å². The van der Waals surface area contributed by atoms with E-state index in [1.54, 1.807) is 0 Å². The largest absolute Gasteiger partial charge is 0.377 e. The minimum Gasteiger partial charge on any atom is -0.377 e. The fraction of sp³-hybridized carbons (Fsp3) is 0.875. The SMILES string of the molecule is CS(=O)(=O)CCC(N)C(=O)NC1COC1. The van der Waals surface area contributed by atoms with E-state index in [0.29, 0.717) is 13.2 Å². The van der Waals surface area contributed by atoms with E-state index in [2.05, 4.69) is 5.32 Å². The monoisotopic (exact) mass is 236 g/mol. The van der Waals surface area contributed by atoms with Crippen LogP contribution in [0.4, 0.5) is 0 Å². The molecule has 0 radical (unpaired) electrons. The van der Waals surface area contributed by atoms with Crippen LogP contribution in [0.2, 0.25) is 0 Å². The van der Waals surface area contributed by atoms with Crippen molar-refractivity contribution in [2.24, 2.45) is 5.73 Å². The Kier molecular flexibility index (Phi) is 4.06. The smallest absolute Gasteiger partial charge is 0.237 e. The lowest BCUT2D eigenvalue weighted by Gasteiger charge is -2.27. The third-order valence-corrected chi connectivity index (χ3v) is 3.10. The van der Waals surface area contributed by atoms with E-state index in [9.17, 15) is 13.2 Å². The number of rotatable bonds is 5. The Balaban J connectivity index is 2.26. The van der Waals surface area contributed by atoms with Gasteiger partial charge in [-0.15, -0.1) is 0 Å². The van der Waals surface area contributed by atoms with Crippen LogP contribution < -0.4 is 11.1 Å². The van der Waals surface area contributed by atoms with Gasteiger partial charge in [-0.2, -0.15) is 0 Å². The maximum Gasteiger partial charge on any atom is 0.237 e. The summed E-state index contributed by atoms with van der Waals surface area (Å²) in [7, 11) is -3.06. The summed E-state index contributed by atoms with van der Waals surface area (Å²) in [5.74, 6) is -0.380. The van der Waals surface area contributed by atoms with E-state index in [1.807, 2.05) is 0 Å². The quantitative estimate of drug-likeness (QED) is 0.590. The molecule has 0 aromatic carbocycles. The zero-order valence-electron chi connectivity index (χ0n) is 8.60. The fourth-order valence-corrected chi connectivity index (χ4v) is 1.78. The second-order valence-corrected chi connectivity index (χ2v) is 6.03. The average molecular weight is 236 g/mol. The molecule has 0 aliphatic carbocycles. The van der Waals surface area contributed by atoms with Crippen LogP contribution in [-0.4, -0.2) is 51.6 Å². The van der Waals surface area contributed by atoms with Gasteiger partial charge in [-0.05, 0) is 6.42 Å². The Morgan fingerprint density at radius 2 is 2.20 bits per heavy atom. The summed E-state index contributed by atoms with van der Waals surface area (Å²) in [5.41, 5.74) is 5.53. The van der Waals surface area contributed by atoms with Crippen LogP contribution in [0.3, 0.4) is 0 Å². The molecule has 0 saturated carbocycles. The molecule has 1 heterocycles. The van der Waals surface area contributed by atoms with Crippen LogP contribution in [-0.2, 0) is 19.4 Å². The Labute approximate surface area is 89.1 Å². The number of ether oxygens (including phenoxy) is 1. The molecule has 0 aromatic rings.